The number of hydrogen-bond donors (Lipinski definition) is 1. The minimum Gasteiger partial charge on any atom is -0.454 e. The van der Waals surface area contributed by atoms with Crippen LogP contribution in [-0.4, -0.2) is 28.1 Å². The van der Waals surface area contributed by atoms with E-state index in [4.69, 9.17) is 13.9 Å². The fourth-order valence-electron chi connectivity index (χ4n) is 2.39. The molecule has 4 rings (SSSR count). The molecule has 0 saturated heterocycles. The maximum atomic E-state index is 12.9. The largest absolute Gasteiger partial charge is 0.454 e. The average molecular weight is 387 g/mol. The zero-order valence-electron chi connectivity index (χ0n) is 14.1. The molecule has 3 aromatic rings. The topological polar surface area (TPSA) is 86.5 Å². The number of amides is 1. The highest BCUT2D eigenvalue weighted by Gasteiger charge is 2.20. The van der Waals surface area contributed by atoms with Crippen LogP contribution in [0.1, 0.15) is 6.92 Å². The second-order valence-electron chi connectivity index (χ2n) is 5.70. The third kappa shape index (κ3) is 3.87. The summed E-state index contributed by atoms with van der Waals surface area (Å²) < 4.78 is 29.2. The van der Waals surface area contributed by atoms with Gasteiger partial charge in [-0.05, 0) is 49.4 Å². The summed E-state index contributed by atoms with van der Waals surface area (Å²) in [4.78, 5) is 12.3. The van der Waals surface area contributed by atoms with E-state index in [0.717, 1.165) is 11.8 Å². The molecule has 1 atom stereocenters. The molecule has 0 radical (unpaired) electrons. The van der Waals surface area contributed by atoms with Crippen molar-refractivity contribution in [1.29, 1.82) is 0 Å². The van der Waals surface area contributed by atoms with E-state index in [9.17, 15) is 9.18 Å². The summed E-state index contributed by atoms with van der Waals surface area (Å²) in [5, 5.41) is 10.5. The van der Waals surface area contributed by atoms with Crippen LogP contribution in [0.15, 0.2) is 52.1 Å². The lowest BCUT2D eigenvalue weighted by Crippen LogP contribution is -2.22. The summed E-state index contributed by atoms with van der Waals surface area (Å²) in [5.74, 6) is 0.986. The normalized spacial score (nSPS) is 13.4. The van der Waals surface area contributed by atoms with Gasteiger partial charge in [0.1, 0.15) is 5.82 Å². The van der Waals surface area contributed by atoms with Crippen LogP contribution in [0.25, 0.3) is 11.5 Å². The second-order valence-corrected chi connectivity index (χ2v) is 6.99. The zero-order valence-corrected chi connectivity index (χ0v) is 15.0. The number of carbonyl (C=O) groups excluding carboxylic acids is 1. The summed E-state index contributed by atoms with van der Waals surface area (Å²) in [6, 6.07) is 10.9. The van der Waals surface area contributed by atoms with E-state index in [1.54, 1.807) is 25.1 Å². The number of fused-ring (bicyclic) bond motifs is 1. The van der Waals surface area contributed by atoms with Gasteiger partial charge in [-0.15, -0.1) is 10.2 Å². The number of halogens is 1. The van der Waals surface area contributed by atoms with Gasteiger partial charge in [0.15, 0.2) is 11.5 Å². The summed E-state index contributed by atoms with van der Waals surface area (Å²) in [5.41, 5.74) is 1.21. The lowest BCUT2D eigenvalue weighted by molar-refractivity contribution is -0.115. The molecule has 138 valence electrons. The number of anilines is 1. The minimum absolute atomic E-state index is 0.185. The number of aromatic nitrogens is 2. The fourth-order valence-corrected chi connectivity index (χ4v) is 3.07. The van der Waals surface area contributed by atoms with E-state index >= 15 is 0 Å². The Bertz CT molecular complexity index is 977. The number of ether oxygens (including phenoxy) is 2. The second kappa shape index (κ2) is 7.28. The van der Waals surface area contributed by atoms with Gasteiger partial charge >= 0.3 is 0 Å². The molecule has 0 spiro atoms. The Morgan fingerprint density at radius 1 is 1.15 bits per heavy atom. The first-order valence-corrected chi connectivity index (χ1v) is 8.93. The molecule has 0 aliphatic carbocycles. The number of benzene rings is 2. The van der Waals surface area contributed by atoms with Crippen molar-refractivity contribution in [2.75, 3.05) is 12.1 Å². The molecule has 1 N–H and O–H groups in total. The van der Waals surface area contributed by atoms with Crippen molar-refractivity contribution in [3.8, 4) is 23.0 Å². The highest BCUT2D eigenvalue weighted by Crippen LogP contribution is 2.36. The number of nitrogens with one attached hydrogen (secondary N) is 1. The molecule has 0 unspecified atom stereocenters. The number of nitrogens with zero attached hydrogens (tertiary/aromatic N) is 2. The lowest BCUT2D eigenvalue weighted by Gasteiger charge is -2.09. The van der Waals surface area contributed by atoms with Crippen LogP contribution in [0.3, 0.4) is 0 Å². The van der Waals surface area contributed by atoms with Gasteiger partial charge in [0.25, 0.3) is 5.22 Å². The number of hydrogen-bond acceptors (Lipinski definition) is 7. The Kier molecular flexibility index (Phi) is 4.68. The Morgan fingerprint density at radius 2 is 1.93 bits per heavy atom. The Labute approximate surface area is 157 Å². The molecular formula is C18H14FN3O4S. The van der Waals surface area contributed by atoms with Crippen molar-refractivity contribution in [3.63, 3.8) is 0 Å². The van der Waals surface area contributed by atoms with Gasteiger partial charge in [0.2, 0.25) is 18.6 Å². The average Bonchev–Trinajstić information content (AvgIpc) is 3.32. The van der Waals surface area contributed by atoms with Gasteiger partial charge in [-0.3, -0.25) is 4.79 Å². The van der Waals surface area contributed by atoms with Gasteiger partial charge in [0.05, 0.1) is 5.25 Å². The maximum absolute atomic E-state index is 12.9. The van der Waals surface area contributed by atoms with Gasteiger partial charge in [-0.25, -0.2) is 4.39 Å². The quantitative estimate of drug-likeness (QED) is 0.668. The summed E-state index contributed by atoms with van der Waals surface area (Å²) >= 11 is 1.13. The minimum atomic E-state index is -0.486. The van der Waals surface area contributed by atoms with Crippen LogP contribution in [0.4, 0.5) is 10.1 Å². The van der Waals surface area contributed by atoms with Crippen LogP contribution >= 0.6 is 11.8 Å². The molecule has 0 bridgehead atoms. The number of carbonyl (C=O) groups is 1. The van der Waals surface area contributed by atoms with Crippen LogP contribution in [-0.2, 0) is 4.79 Å². The molecule has 2 heterocycles. The molecule has 1 aliphatic heterocycles. The van der Waals surface area contributed by atoms with Crippen LogP contribution < -0.4 is 14.8 Å². The SMILES string of the molecule is C[C@H](Sc1nnc(-c2ccc3c(c2)OCO3)o1)C(=O)Nc1ccc(F)cc1. The highest BCUT2D eigenvalue weighted by molar-refractivity contribution is 8.00. The molecule has 7 nitrogen and oxygen atoms in total. The van der Waals surface area contributed by atoms with E-state index in [1.165, 1.54) is 24.3 Å². The van der Waals surface area contributed by atoms with Crippen molar-refractivity contribution in [1.82, 2.24) is 10.2 Å². The summed E-state index contributed by atoms with van der Waals surface area (Å²) in [6.07, 6.45) is 0. The third-order valence-corrected chi connectivity index (χ3v) is 4.72. The first-order chi connectivity index (χ1) is 13.1. The van der Waals surface area contributed by atoms with Gasteiger partial charge in [-0.1, -0.05) is 11.8 Å². The summed E-state index contributed by atoms with van der Waals surface area (Å²) in [7, 11) is 0. The maximum Gasteiger partial charge on any atom is 0.277 e. The first kappa shape index (κ1) is 17.3. The fraction of sp³-hybridized carbons (Fsp3) is 0.167. The first-order valence-electron chi connectivity index (χ1n) is 8.05. The van der Waals surface area contributed by atoms with Crippen LogP contribution in [0.5, 0.6) is 11.5 Å². The number of thioether (sulfide) groups is 1. The monoisotopic (exact) mass is 387 g/mol. The molecule has 1 aromatic heterocycles. The zero-order chi connectivity index (χ0) is 18.8. The van der Waals surface area contributed by atoms with Crippen molar-refractivity contribution >= 4 is 23.4 Å². The Balaban J connectivity index is 1.41. The van der Waals surface area contributed by atoms with Crippen molar-refractivity contribution in [2.24, 2.45) is 0 Å². The molecular weight excluding hydrogens is 373 g/mol. The predicted molar refractivity (Wildman–Crippen MR) is 96.2 cm³/mol. The third-order valence-electron chi connectivity index (χ3n) is 3.78. The van der Waals surface area contributed by atoms with Gasteiger partial charge in [-0.2, -0.15) is 0 Å². The molecule has 0 saturated carbocycles. The molecule has 9 heteroatoms. The molecule has 1 amide bonds. The van der Waals surface area contributed by atoms with E-state index in [0.29, 0.717) is 28.6 Å². The van der Waals surface area contributed by atoms with Gasteiger partial charge in [0, 0.05) is 11.3 Å². The van der Waals surface area contributed by atoms with E-state index in [1.807, 2.05) is 0 Å². The standard InChI is InChI=1S/C18H14FN3O4S/c1-10(16(23)20-13-5-3-12(19)4-6-13)27-18-22-21-17(26-18)11-2-7-14-15(8-11)25-9-24-14/h2-8,10H,9H2,1H3,(H,20,23)/t10-/m0/s1. The summed E-state index contributed by atoms with van der Waals surface area (Å²) in [6.45, 7) is 1.90. The van der Waals surface area contributed by atoms with Crippen LogP contribution in [0.2, 0.25) is 0 Å². The predicted octanol–water partition coefficient (Wildman–Crippen LogP) is 3.72. The highest BCUT2D eigenvalue weighted by atomic mass is 32.2. The van der Waals surface area contributed by atoms with Crippen LogP contribution in [0, 0.1) is 5.82 Å². The van der Waals surface area contributed by atoms with E-state index in [-0.39, 0.29) is 23.7 Å². The Hall–Kier alpha value is -3.07. The molecule has 1 aliphatic rings. The van der Waals surface area contributed by atoms with Gasteiger partial charge < -0.3 is 19.2 Å². The van der Waals surface area contributed by atoms with Crippen molar-refractivity contribution < 1.29 is 23.1 Å². The lowest BCUT2D eigenvalue weighted by atomic mass is 10.2. The molecule has 2 aromatic carbocycles. The van der Waals surface area contributed by atoms with E-state index < -0.39 is 5.25 Å². The molecule has 27 heavy (non-hydrogen) atoms. The molecule has 0 fully saturated rings. The Morgan fingerprint density at radius 3 is 2.74 bits per heavy atom. The van der Waals surface area contributed by atoms with Crippen molar-refractivity contribution in [2.45, 2.75) is 17.4 Å². The smallest absolute Gasteiger partial charge is 0.277 e. The van der Waals surface area contributed by atoms with Crippen molar-refractivity contribution in [3.05, 3.63) is 48.3 Å². The number of rotatable bonds is 5. The van der Waals surface area contributed by atoms with E-state index in [2.05, 4.69) is 15.5 Å².